The molecule has 40 heavy (non-hydrogen) atoms. The zero-order chi connectivity index (χ0) is 27.6. The highest BCUT2D eigenvalue weighted by molar-refractivity contribution is 9.09. The van der Waals surface area contributed by atoms with Crippen molar-refractivity contribution < 1.29 is 0 Å². The normalized spacial score (nSPS) is 13.0. The number of hydrogen-bond donors (Lipinski definition) is 0. The van der Waals surface area contributed by atoms with E-state index >= 15 is 0 Å². The van der Waals surface area contributed by atoms with Crippen LogP contribution >= 0.6 is 15.9 Å². The summed E-state index contributed by atoms with van der Waals surface area (Å²) in [4.78, 5) is 2.82. The molecule has 3 nitrogen and oxygen atoms in total. The van der Waals surface area contributed by atoms with Crippen molar-refractivity contribution >= 4 is 27.1 Å². The molecule has 0 N–H and O–H groups in total. The van der Waals surface area contributed by atoms with E-state index in [1.165, 1.54) is 55.7 Å². The smallest absolute Gasteiger partial charge is 0.0292 e. The third kappa shape index (κ3) is 6.47. The Morgan fingerprint density at radius 1 is 0.575 bits per heavy atom. The summed E-state index contributed by atoms with van der Waals surface area (Å²) in [6.07, 6.45) is 10.8. The largest absolute Gasteiger partial charge is 0.0937 e. The second kappa shape index (κ2) is 14.0. The Kier molecular flexibility index (Phi) is 9.68. The minimum atomic E-state index is 0.504. The van der Waals surface area contributed by atoms with Crippen LogP contribution in [-0.4, -0.2) is 11.9 Å². The molecule has 0 unspecified atom stereocenters. The van der Waals surface area contributed by atoms with Crippen LogP contribution in [0.4, 0.5) is 0 Å². The minimum absolute atomic E-state index is 0.504. The maximum atomic E-state index is 8.40. The van der Waals surface area contributed by atoms with Gasteiger partial charge in [-0.3, -0.25) is 0 Å². The number of allylic oxidation sites excluding steroid dienone is 1. The summed E-state index contributed by atoms with van der Waals surface area (Å²) >= 11 is 3.53. The molecule has 0 fully saturated rings. The van der Waals surface area contributed by atoms with Gasteiger partial charge >= 0.3 is 0 Å². The van der Waals surface area contributed by atoms with Crippen molar-refractivity contribution in [1.29, 1.82) is 0 Å². The first-order valence-electron chi connectivity index (χ1n) is 14.1. The molecule has 200 valence electrons. The van der Waals surface area contributed by atoms with Gasteiger partial charge in [-0.05, 0) is 99.7 Å². The van der Waals surface area contributed by atoms with Gasteiger partial charge in [0.2, 0.25) is 0 Å². The average Bonchev–Trinajstić information content (AvgIpc) is 3.27. The van der Waals surface area contributed by atoms with Crippen LogP contribution in [0.3, 0.4) is 0 Å². The Bertz CT molecular complexity index is 1480. The Hall–Kier alpha value is -3.85. The summed E-state index contributed by atoms with van der Waals surface area (Å²) in [5, 5.41) is 4.64. The van der Waals surface area contributed by atoms with Crippen LogP contribution in [0.2, 0.25) is 0 Å². The van der Waals surface area contributed by atoms with Crippen molar-refractivity contribution in [2.75, 3.05) is 11.9 Å². The summed E-state index contributed by atoms with van der Waals surface area (Å²) in [7, 11) is 0. The van der Waals surface area contributed by atoms with Gasteiger partial charge in [0, 0.05) is 16.8 Å². The van der Waals surface area contributed by atoms with E-state index in [2.05, 4.69) is 135 Å². The van der Waals surface area contributed by atoms with Crippen LogP contribution < -0.4 is 0 Å². The van der Waals surface area contributed by atoms with E-state index in [0.717, 1.165) is 43.9 Å². The second-order valence-electron chi connectivity index (χ2n) is 10.1. The summed E-state index contributed by atoms with van der Waals surface area (Å²) in [6.45, 7) is 0.504. The van der Waals surface area contributed by atoms with Gasteiger partial charge in [-0.2, -0.15) is 0 Å². The quantitative estimate of drug-likeness (QED) is 0.0733. The maximum absolute atomic E-state index is 8.40. The van der Waals surface area contributed by atoms with Crippen LogP contribution in [-0.2, 0) is 25.7 Å². The lowest BCUT2D eigenvalue weighted by molar-refractivity contribution is 0.965. The fourth-order valence-corrected chi connectivity index (χ4v) is 6.01. The number of halogens is 1. The monoisotopic (exact) mass is 587 g/mol. The molecule has 0 spiro atoms. The van der Waals surface area contributed by atoms with Crippen LogP contribution in [0.5, 0.6) is 0 Å². The zero-order valence-electron chi connectivity index (χ0n) is 22.8. The van der Waals surface area contributed by atoms with Gasteiger partial charge in [0.25, 0.3) is 0 Å². The predicted octanol–water partition coefficient (Wildman–Crippen LogP) is 9.92. The van der Waals surface area contributed by atoms with E-state index in [9.17, 15) is 0 Å². The molecule has 4 heteroatoms. The molecular formula is C36H34BrN3. The van der Waals surface area contributed by atoms with Gasteiger partial charge in [0.1, 0.15) is 0 Å². The number of aryl methyl sites for hydroxylation is 4. The third-order valence-electron chi connectivity index (χ3n) is 7.66. The summed E-state index contributed by atoms with van der Waals surface area (Å²) in [5.41, 5.74) is 22.2. The van der Waals surface area contributed by atoms with Crippen molar-refractivity contribution in [3.63, 3.8) is 0 Å². The number of rotatable bonds is 5. The Morgan fingerprint density at radius 3 is 1.27 bits per heavy atom. The molecule has 2 aliphatic carbocycles. The molecule has 0 saturated carbocycles. The standard InChI is InChI=1S/C18H17Br.C18H17N3/c19-13-5-10-18-16-8-3-1-6-14(16)11-12-15-7-2-4-9-17(15)18;19-21-20-13-5-10-18-16-8-3-1-6-14(16)11-12-15-7-2-4-9-17(15)18/h1-4,6-10H,5,11-13H2;1-4,6-10H,5,11-13H2. The molecule has 4 aromatic rings. The first kappa shape index (κ1) is 27.7. The van der Waals surface area contributed by atoms with Crippen molar-refractivity contribution in [3.8, 4) is 0 Å². The topological polar surface area (TPSA) is 48.8 Å². The number of benzene rings is 4. The van der Waals surface area contributed by atoms with Crippen LogP contribution in [0, 0.1) is 0 Å². The highest BCUT2D eigenvalue weighted by Crippen LogP contribution is 2.35. The first-order chi connectivity index (χ1) is 19.8. The number of nitrogens with zero attached hydrogens (tertiary/aromatic N) is 3. The summed E-state index contributed by atoms with van der Waals surface area (Å²) in [5.74, 6) is 0. The fourth-order valence-electron chi connectivity index (χ4n) is 5.78. The first-order valence-corrected chi connectivity index (χ1v) is 15.2. The predicted molar refractivity (Wildman–Crippen MR) is 172 cm³/mol. The number of azide groups is 1. The van der Waals surface area contributed by atoms with Gasteiger partial charge in [0.05, 0.1) is 0 Å². The van der Waals surface area contributed by atoms with Gasteiger partial charge in [-0.1, -0.05) is 130 Å². The molecule has 0 heterocycles. The SMILES string of the molecule is BrCCC=C1c2ccccc2CCc2ccccc21.[N-]=[N+]=NCCC=C1c2ccccc2CCc2ccccc21. The molecule has 0 aliphatic heterocycles. The third-order valence-corrected chi connectivity index (χ3v) is 8.11. The lowest BCUT2D eigenvalue weighted by atomic mass is 9.93. The van der Waals surface area contributed by atoms with E-state index in [-0.39, 0.29) is 0 Å². The maximum Gasteiger partial charge on any atom is 0.0292 e. The molecule has 0 radical (unpaired) electrons. The molecule has 0 bridgehead atoms. The molecule has 0 atom stereocenters. The van der Waals surface area contributed by atoms with E-state index in [4.69, 9.17) is 5.53 Å². The minimum Gasteiger partial charge on any atom is -0.0937 e. The lowest BCUT2D eigenvalue weighted by Gasteiger charge is -2.11. The molecule has 0 saturated heterocycles. The summed E-state index contributed by atoms with van der Waals surface area (Å²) in [6, 6.07) is 34.8. The van der Waals surface area contributed by atoms with E-state index in [1.807, 2.05) is 0 Å². The van der Waals surface area contributed by atoms with Gasteiger partial charge in [-0.15, -0.1) is 0 Å². The lowest BCUT2D eigenvalue weighted by Crippen LogP contribution is -1.92. The van der Waals surface area contributed by atoms with Crippen LogP contribution in [0.1, 0.15) is 57.3 Å². The Labute approximate surface area is 246 Å². The highest BCUT2D eigenvalue weighted by Gasteiger charge is 2.18. The van der Waals surface area contributed by atoms with Crippen LogP contribution in [0.15, 0.2) is 114 Å². The second-order valence-corrected chi connectivity index (χ2v) is 10.9. The van der Waals surface area contributed by atoms with Gasteiger partial charge in [0.15, 0.2) is 0 Å². The molecular weight excluding hydrogens is 554 g/mol. The van der Waals surface area contributed by atoms with Crippen molar-refractivity contribution in [3.05, 3.63) is 164 Å². The number of hydrogen-bond acceptors (Lipinski definition) is 1. The highest BCUT2D eigenvalue weighted by atomic mass is 79.9. The molecule has 4 aromatic carbocycles. The molecule has 0 amide bonds. The van der Waals surface area contributed by atoms with E-state index in [0.29, 0.717) is 6.54 Å². The molecule has 6 rings (SSSR count). The van der Waals surface area contributed by atoms with Crippen molar-refractivity contribution in [1.82, 2.24) is 0 Å². The van der Waals surface area contributed by atoms with Crippen LogP contribution in [0.25, 0.3) is 21.6 Å². The Balaban J connectivity index is 0.000000162. The molecule has 2 aliphatic rings. The van der Waals surface area contributed by atoms with Crippen molar-refractivity contribution in [2.24, 2.45) is 5.11 Å². The van der Waals surface area contributed by atoms with E-state index in [1.54, 1.807) is 0 Å². The van der Waals surface area contributed by atoms with Gasteiger partial charge < -0.3 is 0 Å². The average molecular weight is 589 g/mol. The Morgan fingerprint density at radius 2 is 0.925 bits per heavy atom. The van der Waals surface area contributed by atoms with Crippen molar-refractivity contribution in [2.45, 2.75) is 38.5 Å². The fraction of sp³-hybridized carbons (Fsp3) is 0.222. The van der Waals surface area contributed by atoms with E-state index < -0.39 is 0 Å². The molecule has 0 aromatic heterocycles. The number of alkyl halides is 1. The zero-order valence-corrected chi connectivity index (χ0v) is 24.4. The number of fused-ring (bicyclic) bond motifs is 4. The summed E-state index contributed by atoms with van der Waals surface area (Å²) < 4.78 is 0. The van der Waals surface area contributed by atoms with Gasteiger partial charge in [-0.25, -0.2) is 0 Å².